The first-order valence-electron chi connectivity index (χ1n) is 14.0. The van der Waals surface area contributed by atoms with Crippen LogP contribution in [0, 0.1) is 0 Å². The molecule has 0 spiro atoms. The molecule has 2 N–H and O–H groups in total. The summed E-state index contributed by atoms with van der Waals surface area (Å²) in [6.45, 7) is 0.712. The summed E-state index contributed by atoms with van der Waals surface area (Å²) in [5.74, 6) is 1.08. The van der Waals surface area contributed by atoms with Gasteiger partial charge in [0.2, 0.25) is 6.79 Å². The number of fused-ring (bicyclic) bond motifs is 2. The number of pyridine rings is 1. The van der Waals surface area contributed by atoms with Crippen molar-refractivity contribution in [3.05, 3.63) is 125 Å². The molecular weight excluding hydrogens is 596 g/mol. The Labute approximate surface area is 263 Å². The summed E-state index contributed by atoms with van der Waals surface area (Å²) in [4.78, 5) is 31.8. The van der Waals surface area contributed by atoms with Crippen LogP contribution >= 0.6 is 11.6 Å². The van der Waals surface area contributed by atoms with Crippen molar-refractivity contribution >= 4 is 40.4 Å². The van der Waals surface area contributed by atoms with E-state index < -0.39 is 5.91 Å². The Kier molecular flexibility index (Phi) is 8.74. The summed E-state index contributed by atoms with van der Waals surface area (Å²) in [5, 5.41) is 15.3. The van der Waals surface area contributed by atoms with E-state index in [-0.39, 0.29) is 35.6 Å². The second-order valence-electron chi connectivity index (χ2n) is 10.1. The number of amides is 2. The number of aromatic hydroxyl groups is 1. The van der Waals surface area contributed by atoms with Crippen molar-refractivity contribution in [1.29, 1.82) is 0 Å². The lowest BCUT2D eigenvalue weighted by Crippen LogP contribution is -2.34. The Morgan fingerprint density at radius 2 is 1.71 bits per heavy atom. The maximum atomic E-state index is 13.6. The summed E-state index contributed by atoms with van der Waals surface area (Å²) in [7, 11) is 0. The van der Waals surface area contributed by atoms with Crippen molar-refractivity contribution < 1.29 is 28.9 Å². The van der Waals surface area contributed by atoms with E-state index in [0.717, 1.165) is 27.5 Å². The molecule has 0 unspecified atom stereocenters. The highest BCUT2D eigenvalue weighted by Gasteiger charge is 2.19. The molecule has 10 nitrogen and oxygen atoms in total. The minimum atomic E-state index is -0.479. The van der Waals surface area contributed by atoms with Gasteiger partial charge in [-0.3, -0.25) is 14.6 Å². The number of carbonyl (C=O) groups is 2. The SMILES string of the molecule is O=C(NN=Cc1ccc(OCC(=O)N(Cc2ccncc2)Cc2ccc3c(c2)OCO3)c2ccccc12)c1ccc(O)c(Cl)c1. The third-order valence-electron chi connectivity index (χ3n) is 7.13. The Balaban J connectivity index is 1.16. The summed E-state index contributed by atoms with van der Waals surface area (Å²) < 4.78 is 17.0. The third-order valence-corrected chi connectivity index (χ3v) is 7.44. The van der Waals surface area contributed by atoms with E-state index in [0.29, 0.717) is 30.3 Å². The van der Waals surface area contributed by atoms with Gasteiger partial charge in [0.05, 0.1) is 11.2 Å². The Morgan fingerprint density at radius 1 is 0.933 bits per heavy atom. The molecule has 6 rings (SSSR count). The number of ether oxygens (including phenoxy) is 3. The zero-order chi connectivity index (χ0) is 31.2. The normalized spacial score (nSPS) is 11.9. The molecule has 2 heterocycles. The van der Waals surface area contributed by atoms with E-state index in [1.54, 1.807) is 29.4 Å². The number of carbonyl (C=O) groups excluding carboxylic acids is 2. The molecule has 0 saturated carbocycles. The van der Waals surface area contributed by atoms with E-state index in [4.69, 9.17) is 25.8 Å². The first-order valence-corrected chi connectivity index (χ1v) is 14.3. The predicted octanol–water partition coefficient (Wildman–Crippen LogP) is 5.69. The lowest BCUT2D eigenvalue weighted by atomic mass is 10.0. The van der Waals surface area contributed by atoms with Crippen LogP contribution in [-0.2, 0) is 17.9 Å². The molecule has 0 radical (unpaired) electrons. The molecule has 0 bridgehead atoms. The van der Waals surface area contributed by atoms with Crippen LogP contribution in [0.5, 0.6) is 23.0 Å². The van der Waals surface area contributed by atoms with E-state index in [2.05, 4.69) is 15.5 Å². The highest BCUT2D eigenvalue weighted by molar-refractivity contribution is 6.32. The predicted molar refractivity (Wildman–Crippen MR) is 169 cm³/mol. The lowest BCUT2D eigenvalue weighted by molar-refractivity contribution is -0.134. The second-order valence-corrected chi connectivity index (χ2v) is 10.6. The Hall–Kier alpha value is -5.61. The van der Waals surface area contributed by atoms with Crippen molar-refractivity contribution in [3.63, 3.8) is 0 Å². The van der Waals surface area contributed by atoms with E-state index in [1.807, 2.05) is 54.6 Å². The number of phenolic OH excluding ortho intramolecular Hbond substituents is 1. The number of phenols is 1. The largest absolute Gasteiger partial charge is 0.506 e. The molecular formula is C34H27ClN4O6. The molecule has 0 saturated heterocycles. The molecule has 1 aliphatic rings. The number of rotatable bonds is 10. The van der Waals surface area contributed by atoms with Crippen molar-refractivity contribution in [3.8, 4) is 23.0 Å². The van der Waals surface area contributed by atoms with Gasteiger partial charge in [-0.2, -0.15) is 5.10 Å². The van der Waals surface area contributed by atoms with Gasteiger partial charge in [-0.05, 0) is 71.1 Å². The van der Waals surface area contributed by atoms with E-state index in [9.17, 15) is 14.7 Å². The van der Waals surface area contributed by atoms with Gasteiger partial charge < -0.3 is 24.2 Å². The highest BCUT2D eigenvalue weighted by atomic mass is 35.5. The van der Waals surface area contributed by atoms with Gasteiger partial charge in [-0.1, -0.05) is 41.9 Å². The molecule has 226 valence electrons. The molecule has 0 fully saturated rings. The average Bonchev–Trinajstić information content (AvgIpc) is 3.53. The van der Waals surface area contributed by atoms with Crippen LogP contribution in [-0.4, -0.2) is 46.4 Å². The maximum absolute atomic E-state index is 13.6. The molecule has 1 aliphatic heterocycles. The lowest BCUT2D eigenvalue weighted by Gasteiger charge is -2.23. The van der Waals surface area contributed by atoms with Crippen molar-refractivity contribution in [2.45, 2.75) is 13.1 Å². The Bertz CT molecular complexity index is 1900. The molecule has 1 aromatic heterocycles. The topological polar surface area (TPSA) is 123 Å². The van der Waals surface area contributed by atoms with E-state index in [1.165, 1.54) is 24.4 Å². The fourth-order valence-corrected chi connectivity index (χ4v) is 5.02. The second kappa shape index (κ2) is 13.4. The molecule has 5 aromatic rings. The molecule has 2 amide bonds. The summed E-state index contributed by atoms with van der Waals surface area (Å²) in [6, 6.07) is 24.7. The minimum Gasteiger partial charge on any atom is -0.506 e. The zero-order valence-corrected chi connectivity index (χ0v) is 24.6. The Morgan fingerprint density at radius 3 is 2.53 bits per heavy atom. The van der Waals surface area contributed by atoms with Crippen LogP contribution in [0.25, 0.3) is 10.8 Å². The first kappa shape index (κ1) is 29.5. The molecule has 0 aliphatic carbocycles. The highest BCUT2D eigenvalue weighted by Crippen LogP contribution is 2.33. The quantitative estimate of drug-likeness (QED) is 0.151. The number of hydrogen-bond donors (Lipinski definition) is 2. The van der Waals surface area contributed by atoms with Gasteiger partial charge in [0.1, 0.15) is 11.5 Å². The third kappa shape index (κ3) is 6.97. The number of hydrogen-bond acceptors (Lipinski definition) is 8. The van der Waals surface area contributed by atoms with E-state index >= 15 is 0 Å². The van der Waals surface area contributed by atoms with Gasteiger partial charge in [-0.15, -0.1) is 0 Å². The molecule has 0 atom stereocenters. The van der Waals surface area contributed by atoms with Gasteiger partial charge >= 0.3 is 0 Å². The zero-order valence-electron chi connectivity index (χ0n) is 23.9. The molecule has 4 aromatic carbocycles. The monoisotopic (exact) mass is 622 g/mol. The van der Waals surface area contributed by atoms with Crippen LogP contribution in [0.4, 0.5) is 0 Å². The van der Waals surface area contributed by atoms with Gasteiger partial charge in [-0.25, -0.2) is 5.43 Å². The molecule has 45 heavy (non-hydrogen) atoms. The number of nitrogens with zero attached hydrogens (tertiary/aromatic N) is 3. The number of benzene rings is 4. The average molecular weight is 623 g/mol. The fraction of sp³-hybridized carbons (Fsp3) is 0.118. The van der Waals surface area contributed by atoms with Crippen molar-refractivity contribution in [2.75, 3.05) is 13.4 Å². The molecule has 11 heteroatoms. The van der Waals surface area contributed by atoms with Crippen molar-refractivity contribution in [1.82, 2.24) is 15.3 Å². The number of aromatic nitrogens is 1. The number of hydrazone groups is 1. The maximum Gasteiger partial charge on any atom is 0.271 e. The van der Waals surface area contributed by atoms with Crippen molar-refractivity contribution in [2.24, 2.45) is 5.10 Å². The van der Waals surface area contributed by atoms with Crippen LogP contribution in [0.3, 0.4) is 0 Å². The van der Waals surface area contributed by atoms with Crippen LogP contribution in [0.2, 0.25) is 5.02 Å². The van der Waals surface area contributed by atoms with Crippen LogP contribution in [0.1, 0.15) is 27.0 Å². The smallest absolute Gasteiger partial charge is 0.271 e. The fourth-order valence-electron chi connectivity index (χ4n) is 4.84. The van der Waals surface area contributed by atoms with Crippen LogP contribution < -0.4 is 19.6 Å². The minimum absolute atomic E-state index is 0.0695. The summed E-state index contributed by atoms with van der Waals surface area (Å²) in [6.07, 6.45) is 4.92. The summed E-state index contributed by atoms with van der Waals surface area (Å²) in [5.41, 5.74) is 5.29. The van der Waals surface area contributed by atoms with Gasteiger partial charge in [0.25, 0.3) is 11.8 Å². The van der Waals surface area contributed by atoms with Gasteiger partial charge in [0.15, 0.2) is 18.1 Å². The summed E-state index contributed by atoms with van der Waals surface area (Å²) >= 11 is 5.91. The van der Waals surface area contributed by atoms with Crippen LogP contribution in [0.15, 0.2) is 102 Å². The standard InChI is InChI=1S/C34H27ClN4O6/c35-28-16-24(6-8-29(28)40)34(42)38-37-17-25-7-10-30(27-4-2-1-3-26(25)27)43-20-33(41)39(18-22-11-13-36-14-12-22)19-23-5-9-31-32(15-23)45-21-44-31/h1-17,40H,18-21H2,(H,38,42). The number of halogens is 1. The first-order chi connectivity index (χ1) is 21.9. The number of nitrogens with one attached hydrogen (secondary N) is 1. The van der Waals surface area contributed by atoms with Gasteiger partial charge in [0, 0.05) is 42.0 Å².